The fourth-order valence-corrected chi connectivity index (χ4v) is 6.31. The highest BCUT2D eigenvalue weighted by Crippen LogP contribution is 2.41. The van der Waals surface area contributed by atoms with Crippen LogP contribution >= 0.6 is 0 Å². The highest BCUT2D eigenvalue weighted by molar-refractivity contribution is 5.95. The normalized spacial score (nSPS) is 20.9. The Morgan fingerprint density at radius 3 is 2.49 bits per heavy atom. The third kappa shape index (κ3) is 4.97. The minimum atomic E-state index is -0.350. The van der Waals surface area contributed by atoms with Crippen LogP contribution in [0.1, 0.15) is 54.9 Å². The van der Waals surface area contributed by atoms with Crippen molar-refractivity contribution in [3.63, 3.8) is 0 Å². The standard InChI is InChI=1S/C32H38N2O3/c1-32(30-14-9-19-33-30,27-12-5-4-6-13-27)34(22-23-15-16-24-10-7-8-11-25(24)20-23)31(35)26-17-18-28(36-2)29(21-26)37-3/h4-5,7-8,10-11,15-18,20-21,27,30,33H,6,9,12-14,19,22H2,1-3H3/t27?,30?,32-/m0/s1. The van der Waals surface area contributed by atoms with Gasteiger partial charge in [0.25, 0.3) is 5.91 Å². The van der Waals surface area contributed by atoms with Gasteiger partial charge in [-0.2, -0.15) is 0 Å². The summed E-state index contributed by atoms with van der Waals surface area (Å²) < 4.78 is 11.0. The summed E-state index contributed by atoms with van der Waals surface area (Å²) in [5.41, 5.74) is 1.41. The molecule has 1 aliphatic heterocycles. The molecule has 3 aromatic carbocycles. The van der Waals surface area contributed by atoms with Crippen LogP contribution in [0.5, 0.6) is 11.5 Å². The van der Waals surface area contributed by atoms with E-state index in [1.807, 2.05) is 18.2 Å². The summed E-state index contributed by atoms with van der Waals surface area (Å²) in [4.78, 5) is 16.7. The Labute approximate surface area is 220 Å². The van der Waals surface area contributed by atoms with Gasteiger partial charge in [-0.1, -0.05) is 48.6 Å². The van der Waals surface area contributed by atoms with E-state index >= 15 is 0 Å². The zero-order chi connectivity index (χ0) is 25.8. The Bertz CT molecular complexity index is 1280. The first-order valence-electron chi connectivity index (χ1n) is 13.4. The van der Waals surface area contributed by atoms with Gasteiger partial charge in [-0.05, 0) is 92.1 Å². The molecule has 0 radical (unpaired) electrons. The van der Waals surface area contributed by atoms with E-state index in [1.165, 1.54) is 10.8 Å². The molecule has 5 rings (SSSR count). The van der Waals surface area contributed by atoms with Crippen molar-refractivity contribution in [2.24, 2.45) is 5.92 Å². The van der Waals surface area contributed by atoms with Gasteiger partial charge in [-0.3, -0.25) is 4.79 Å². The SMILES string of the molecule is COc1ccc(C(=O)N(Cc2ccc3ccccc3c2)[C@@](C)(C2CC=CCC2)C2CCCN2)cc1OC. The van der Waals surface area contributed by atoms with Crippen molar-refractivity contribution in [1.29, 1.82) is 0 Å². The number of nitrogens with one attached hydrogen (secondary N) is 1. The van der Waals surface area contributed by atoms with Crippen molar-refractivity contribution in [2.75, 3.05) is 20.8 Å². The molecule has 3 atom stereocenters. The summed E-state index contributed by atoms with van der Waals surface area (Å²) in [5, 5.41) is 6.18. The van der Waals surface area contributed by atoms with Crippen LogP contribution in [0.3, 0.4) is 0 Å². The number of allylic oxidation sites excluding steroid dienone is 2. The first-order chi connectivity index (χ1) is 18.0. The third-order valence-corrected chi connectivity index (χ3v) is 8.47. The maximum Gasteiger partial charge on any atom is 0.254 e. The predicted octanol–water partition coefficient (Wildman–Crippen LogP) is 6.37. The van der Waals surface area contributed by atoms with Crippen LogP contribution in [0.15, 0.2) is 72.8 Å². The molecule has 0 saturated carbocycles. The number of carbonyl (C=O) groups is 1. The number of fused-ring (bicyclic) bond motifs is 1. The number of methoxy groups -OCH3 is 2. The zero-order valence-corrected chi connectivity index (χ0v) is 22.2. The van der Waals surface area contributed by atoms with E-state index in [-0.39, 0.29) is 17.5 Å². The highest BCUT2D eigenvalue weighted by atomic mass is 16.5. The monoisotopic (exact) mass is 498 g/mol. The van der Waals surface area contributed by atoms with Crippen LogP contribution in [0.4, 0.5) is 0 Å². The van der Waals surface area contributed by atoms with E-state index in [9.17, 15) is 4.79 Å². The van der Waals surface area contributed by atoms with Crippen molar-refractivity contribution in [2.45, 2.75) is 57.2 Å². The largest absolute Gasteiger partial charge is 0.493 e. The summed E-state index contributed by atoms with van der Waals surface area (Å²) in [7, 11) is 3.23. The van der Waals surface area contributed by atoms with Gasteiger partial charge in [0.2, 0.25) is 0 Å². The molecule has 1 N–H and O–H groups in total. The molecule has 194 valence electrons. The van der Waals surface area contributed by atoms with Crippen LogP contribution < -0.4 is 14.8 Å². The first kappa shape index (κ1) is 25.3. The molecule has 0 spiro atoms. The molecule has 2 unspecified atom stereocenters. The fourth-order valence-electron chi connectivity index (χ4n) is 6.31. The highest BCUT2D eigenvalue weighted by Gasteiger charge is 2.48. The number of nitrogens with zero attached hydrogens (tertiary/aromatic N) is 1. The molecule has 2 aliphatic rings. The van der Waals surface area contributed by atoms with Crippen LogP contribution in [-0.2, 0) is 6.54 Å². The third-order valence-electron chi connectivity index (χ3n) is 8.47. The van der Waals surface area contributed by atoms with E-state index in [0.717, 1.165) is 44.2 Å². The molecule has 3 aromatic rings. The van der Waals surface area contributed by atoms with E-state index < -0.39 is 0 Å². The van der Waals surface area contributed by atoms with Crippen molar-refractivity contribution in [3.05, 3.63) is 83.9 Å². The lowest BCUT2D eigenvalue weighted by molar-refractivity contribution is 0.00926. The number of amides is 1. The molecule has 1 saturated heterocycles. The lowest BCUT2D eigenvalue weighted by Gasteiger charge is -2.51. The maximum absolute atomic E-state index is 14.5. The number of hydrogen-bond acceptors (Lipinski definition) is 4. The second-order valence-electron chi connectivity index (χ2n) is 10.5. The lowest BCUT2D eigenvalue weighted by Crippen LogP contribution is -2.63. The van der Waals surface area contributed by atoms with Crippen molar-refractivity contribution in [3.8, 4) is 11.5 Å². The topological polar surface area (TPSA) is 50.8 Å². The lowest BCUT2D eigenvalue weighted by atomic mass is 9.71. The number of benzene rings is 3. The first-order valence-corrected chi connectivity index (χ1v) is 13.4. The molecule has 1 amide bonds. The number of rotatable bonds is 8. The van der Waals surface area contributed by atoms with Gasteiger partial charge in [-0.15, -0.1) is 0 Å². The van der Waals surface area contributed by atoms with E-state index in [1.54, 1.807) is 14.2 Å². The minimum Gasteiger partial charge on any atom is -0.493 e. The number of ether oxygens (including phenoxy) is 2. The van der Waals surface area contributed by atoms with E-state index in [4.69, 9.17) is 9.47 Å². The van der Waals surface area contributed by atoms with Crippen LogP contribution in [0, 0.1) is 5.92 Å². The van der Waals surface area contributed by atoms with Crippen LogP contribution in [0.2, 0.25) is 0 Å². The van der Waals surface area contributed by atoms with Crippen molar-refractivity contribution >= 4 is 16.7 Å². The minimum absolute atomic E-state index is 0.0277. The fraction of sp³-hybridized carbons (Fsp3) is 0.406. The van der Waals surface area contributed by atoms with Crippen molar-refractivity contribution in [1.82, 2.24) is 10.2 Å². The van der Waals surface area contributed by atoms with E-state index in [0.29, 0.717) is 29.5 Å². The van der Waals surface area contributed by atoms with Crippen LogP contribution in [-0.4, -0.2) is 43.2 Å². The smallest absolute Gasteiger partial charge is 0.254 e. The molecule has 1 fully saturated rings. The summed E-state index contributed by atoms with van der Waals surface area (Å²) >= 11 is 0. The molecular formula is C32H38N2O3. The van der Waals surface area contributed by atoms with Gasteiger partial charge in [0, 0.05) is 18.2 Å². The number of hydrogen-bond donors (Lipinski definition) is 1. The average Bonchev–Trinajstić information content (AvgIpc) is 3.51. The average molecular weight is 499 g/mol. The maximum atomic E-state index is 14.5. The van der Waals surface area contributed by atoms with Gasteiger partial charge in [0.1, 0.15) is 0 Å². The Hall–Kier alpha value is -3.31. The number of carbonyl (C=O) groups excluding carboxylic acids is 1. The van der Waals surface area contributed by atoms with E-state index in [2.05, 4.69) is 71.8 Å². The predicted molar refractivity (Wildman–Crippen MR) is 149 cm³/mol. The quantitative estimate of drug-likeness (QED) is 0.367. The van der Waals surface area contributed by atoms with Gasteiger partial charge >= 0.3 is 0 Å². The van der Waals surface area contributed by atoms with Gasteiger partial charge < -0.3 is 19.7 Å². The van der Waals surface area contributed by atoms with Crippen molar-refractivity contribution < 1.29 is 14.3 Å². The molecule has 0 aromatic heterocycles. The van der Waals surface area contributed by atoms with Gasteiger partial charge in [0.05, 0.1) is 19.8 Å². The molecule has 5 heteroatoms. The molecule has 0 bridgehead atoms. The Morgan fingerprint density at radius 1 is 0.973 bits per heavy atom. The second-order valence-corrected chi connectivity index (χ2v) is 10.5. The summed E-state index contributed by atoms with van der Waals surface area (Å²) in [6, 6.07) is 20.7. The summed E-state index contributed by atoms with van der Waals surface area (Å²) in [6.45, 7) is 3.86. The Kier molecular flexibility index (Phi) is 7.52. The van der Waals surface area contributed by atoms with Gasteiger partial charge in [-0.25, -0.2) is 0 Å². The molecule has 1 aliphatic carbocycles. The Morgan fingerprint density at radius 2 is 1.78 bits per heavy atom. The molecule has 1 heterocycles. The van der Waals surface area contributed by atoms with Gasteiger partial charge in [0.15, 0.2) is 11.5 Å². The Balaban J connectivity index is 1.60. The summed E-state index contributed by atoms with van der Waals surface area (Å²) in [5.74, 6) is 1.59. The summed E-state index contributed by atoms with van der Waals surface area (Å²) in [6.07, 6.45) is 9.92. The molecular weight excluding hydrogens is 460 g/mol. The zero-order valence-electron chi connectivity index (χ0n) is 22.2. The molecule has 5 nitrogen and oxygen atoms in total. The molecule has 37 heavy (non-hydrogen) atoms. The second kappa shape index (κ2) is 11.0. The van der Waals surface area contributed by atoms with Crippen LogP contribution in [0.25, 0.3) is 10.8 Å².